The molecule has 13 heteroatoms. The van der Waals surface area contributed by atoms with Gasteiger partial charge in [-0.3, -0.25) is 19.7 Å². The van der Waals surface area contributed by atoms with Crippen LogP contribution in [0.15, 0.2) is 60.7 Å². The van der Waals surface area contributed by atoms with Gasteiger partial charge in [0.1, 0.15) is 11.9 Å². The maximum atomic E-state index is 14.9. The lowest BCUT2D eigenvalue weighted by Gasteiger charge is -2.53. The first-order chi connectivity index (χ1) is 24.5. The molecular formula is C38H37F4N3O6. The molecule has 6 rings (SSSR count). The van der Waals surface area contributed by atoms with Gasteiger partial charge in [-0.25, -0.2) is 13.2 Å². The number of carbonyl (C=O) groups excluding carboxylic acids is 2. The molecule has 1 saturated carbocycles. The van der Waals surface area contributed by atoms with Gasteiger partial charge < -0.3 is 24.7 Å². The summed E-state index contributed by atoms with van der Waals surface area (Å²) in [6.45, 7) is -0.0965. The number of aliphatic hydroxyl groups excluding tert-OH is 1. The zero-order valence-electron chi connectivity index (χ0n) is 27.6. The summed E-state index contributed by atoms with van der Waals surface area (Å²) >= 11 is 0. The maximum absolute atomic E-state index is 14.9. The van der Waals surface area contributed by atoms with Gasteiger partial charge in [0.25, 0.3) is 0 Å². The number of aryl methyl sites for hydroxylation is 1. The minimum absolute atomic E-state index is 0.00652. The molecule has 3 aromatic carbocycles. The van der Waals surface area contributed by atoms with E-state index < -0.39 is 83.4 Å². The Balaban J connectivity index is 1.28. The fourth-order valence-electron chi connectivity index (χ4n) is 6.87. The summed E-state index contributed by atoms with van der Waals surface area (Å²) in [5.74, 6) is -0.922. The van der Waals surface area contributed by atoms with Crippen molar-refractivity contribution >= 4 is 17.8 Å². The average molecular weight is 708 g/mol. The third-order valence-corrected chi connectivity index (χ3v) is 9.50. The van der Waals surface area contributed by atoms with E-state index in [2.05, 4.69) is 17.2 Å². The molecular weight excluding hydrogens is 670 g/mol. The molecule has 2 heterocycles. The number of benzene rings is 3. The monoisotopic (exact) mass is 707 g/mol. The molecule has 0 aromatic heterocycles. The van der Waals surface area contributed by atoms with Crippen molar-refractivity contribution in [1.82, 2.24) is 15.1 Å². The largest absolute Gasteiger partial charge is 0.488 e. The molecule has 3 aromatic rings. The minimum Gasteiger partial charge on any atom is -0.488 e. The number of carboxylic acids is 1. The van der Waals surface area contributed by atoms with Crippen LogP contribution in [0, 0.1) is 35.1 Å². The molecule has 2 fully saturated rings. The van der Waals surface area contributed by atoms with Crippen LogP contribution in [-0.4, -0.2) is 75.2 Å². The number of carboxylic acid groups (broad SMARTS) is 1. The van der Waals surface area contributed by atoms with Crippen molar-refractivity contribution in [2.24, 2.45) is 0 Å². The van der Waals surface area contributed by atoms with Gasteiger partial charge in [-0.2, -0.15) is 4.39 Å². The van der Waals surface area contributed by atoms with Crippen LogP contribution in [-0.2, 0) is 32.9 Å². The second-order valence-corrected chi connectivity index (χ2v) is 13.2. The molecule has 51 heavy (non-hydrogen) atoms. The highest BCUT2D eigenvalue weighted by Gasteiger charge is 2.56. The van der Waals surface area contributed by atoms with Crippen molar-refractivity contribution in [1.29, 1.82) is 0 Å². The van der Waals surface area contributed by atoms with Gasteiger partial charge in [-0.05, 0) is 55.0 Å². The SMILES string of the molecule is O=C(O)C[C@H](O)CC(=O)N1C[C@@H]2C#CC[C@](c3ccc(CCCOc4c(F)ccc(F)c4F)cc3)(N2)[C@@H]1C(=O)N(Cc1ccccc1F)C1CC1. The Morgan fingerprint density at radius 3 is 2.41 bits per heavy atom. The Bertz CT molecular complexity index is 1860. The van der Waals surface area contributed by atoms with E-state index in [4.69, 9.17) is 4.74 Å². The smallest absolute Gasteiger partial charge is 0.305 e. The fourth-order valence-corrected chi connectivity index (χ4v) is 6.87. The normalized spacial score (nSPS) is 21.3. The lowest BCUT2D eigenvalue weighted by atomic mass is 9.73. The second kappa shape index (κ2) is 15.1. The van der Waals surface area contributed by atoms with Crippen LogP contribution in [0.4, 0.5) is 17.6 Å². The van der Waals surface area contributed by atoms with Crippen molar-refractivity contribution in [3.05, 3.63) is 101 Å². The number of aliphatic carboxylic acids is 1. The number of hydrogen-bond acceptors (Lipinski definition) is 6. The van der Waals surface area contributed by atoms with Crippen LogP contribution < -0.4 is 10.1 Å². The van der Waals surface area contributed by atoms with Crippen molar-refractivity contribution in [3.8, 4) is 17.6 Å². The number of piperazine rings is 1. The lowest BCUT2D eigenvalue weighted by Crippen LogP contribution is -2.73. The minimum atomic E-state index is -1.47. The molecule has 2 bridgehead atoms. The highest BCUT2D eigenvalue weighted by Crippen LogP contribution is 2.41. The summed E-state index contributed by atoms with van der Waals surface area (Å²) in [4.78, 5) is 43.0. The molecule has 2 aliphatic heterocycles. The maximum Gasteiger partial charge on any atom is 0.305 e. The van der Waals surface area contributed by atoms with Gasteiger partial charge >= 0.3 is 5.97 Å². The van der Waals surface area contributed by atoms with Crippen molar-refractivity contribution in [3.63, 3.8) is 0 Å². The van der Waals surface area contributed by atoms with Crippen molar-refractivity contribution in [2.75, 3.05) is 13.2 Å². The molecule has 0 radical (unpaired) electrons. The van der Waals surface area contributed by atoms with E-state index in [1.165, 1.54) is 11.0 Å². The Morgan fingerprint density at radius 1 is 0.980 bits per heavy atom. The van der Waals surface area contributed by atoms with Gasteiger partial charge in [-0.15, -0.1) is 0 Å². The summed E-state index contributed by atoms with van der Waals surface area (Å²) in [6, 6.07) is 13.0. The quantitative estimate of drug-likeness (QED) is 0.0982. The number of carbonyl (C=O) groups is 3. The predicted octanol–water partition coefficient (Wildman–Crippen LogP) is 4.44. The van der Waals surface area contributed by atoms with Crippen LogP contribution in [0.5, 0.6) is 5.75 Å². The van der Waals surface area contributed by atoms with Crippen LogP contribution in [0.1, 0.15) is 55.2 Å². The Morgan fingerprint density at radius 2 is 1.71 bits per heavy atom. The Labute approximate surface area is 292 Å². The number of nitrogens with zero attached hydrogens (tertiary/aromatic N) is 2. The number of ether oxygens (including phenoxy) is 1. The number of rotatable bonds is 14. The van der Waals surface area contributed by atoms with Crippen LogP contribution >= 0.6 is 0 Å². The third kappa shape index (κ3) is 7.87. The number of nitrogens with one attached hydrogen (secondary N) is 1. The molecule has 3 N–H and O–H groups in total. The number of amides is 2. The topological polar surface area (TPSA) is 119 Å². The van der Waals surface area contributed by atoms with Gasteiger partial charge in [0.2, 0.25) is 17.6 Å². The fraction of sp³-hybridized carbons (Fsp3) is 0.395. The van der Waals surface area contributed by atoms with E-state index in [9.17, 15) is 42.2 Å². The van der Waals surface area contributed by atoms with Crippen molar-refractivity contribution in [2.45, 2.75) is 81.3 Å². The molecule has 3 aliphatic rings. The van der Waals surface area contributed by atoms with Gasteiger partial charge in [0.05, 0.1) is 37.1 Å². The molecule has 4 atom stereocenters. The highest BCUT2D eigenvalue weighted by atomic mass is 19.2. The standard InChI is InChI=1S/C38H37F4N3O6/c39-29-8-2-1-6-24(29)21-44(27-13-14-27)37(50)36-38(17-3-7-26(43-38)22-45(36)32(47)19-28(46)20-33(48)49)25-11-9-23(10-12-25)5-4-18-51-35-31(41)16-15-30(40)34(35)42/h1-2,6,8-12,15-16,26-28,36,43,46H,4-5,13-14,17-22H2,(H,48,49)/t26-,28+,36-,38+/m0/s1. The average Bonchev–Trinajstić information content (AvgIpc) is 3.94. The summed E-state index contributed by atoms with van der Waals surface area (Å²) in [5, 5.41) is 23.1. The zero-order valence-corrected chi connectivity index (χ0v) is 27.6. The number of halogens is 4. The van der Waals surface area contributed by atoms with E-state index in [0.29, 0.717) is 42.9 Å². The van der Waals surface area contributed by atoms with E-state index in [-0.39, 0.29) is 32.2 Å². The molecule has 9 nitrogen and oxygen atoms in total. The molecule has 0 spiro atoms. The van der Waals surface area contributed by atoms with Crippen LogP contribution in [0.3, 0.4) is 0 Å². The zero-order chi connectivity index (χ0) is 36.3. The summed E-state index contributed by atoms with van der Waals surface area (Å²) in [6.07, 6.45) is -0.308. The molecule has 0 unspecified atom stereocenters. The highest BCUT2D eigenvalue weighted by molar-refractivity contribution is 5.91. The number of fused-ring (bicyclic) bond motifs is 2. The molecule has 1 aliphatic carbocycles. The first kappa shape index (κ1) is 35.9. The van der Waals surface area contributed by atoms with E-state index in [0.717, 1.165) is 11.6 Å². The Kier molecular flexibility index (Phi) is 10.6. The number of aliphatic hydroxyl groups is 1. The van der Waals surface area contributed by atoms with Crippen molar-refractivity contribution < 1.29 is 46.9 Å². The first-order valence-electron chi connectivity index (χ1n) is 16.8. The molecule has 1 saturated heterocycles. The van der Waals surface area contributed by atoms with E-state index in [1.54, 1.807) is 23.1 Å². The van der Waals surface area contributed by atoms with Crippen LogP contribution in [0.2, 0.25) is 0 Å². The number of hydrogen-bond donors (Lipinski definition) is 3. The van der Waals surface area contributed by atoms with Crippen LogP contribution in [0.25, 0.3) is 0 Å². The van der Waals surface area contributed by atoms with Gasteiger partial charge in [0, 0.05) is 31.1 Å². The first-order valence-corrected chi connectivity index (χ1v) is 16.8. The summed E-state index contributed by atoms with van der Waals surface area (Å²) in [7, 11) is 0. The molecule has 2 amide bonds. The molecule has 268 valence electrons. The van der Waals surface area contributed by atoms with Gasteiger partial charge in [-0.1, -0.05) is 54.3 Å². The summed E-state index contributed by atoms with van der Waals surface area (Å²) < 4.78 is 61.5. The second-order valence-electron chi connectivity index (χ2n) is 13.2. The van der Waals surface area contributed by atoms with Gasteiger partial charge in [0.15, 0.2) is 17.4 Å². The third-order valence-electron chi connectivity index (χ3n) is 9.50. The predicted molar refractivity (Wildman–Crippen MR) is 176 cm³/mol. The van der Waals surface area contributed by atoms with E-state index in [1.807, 2.05) is 24.3 Å². The summed E-state index contributed by atoms with van der Waals surface area (Å²) in [5.41, 5.74) is 0.589. The Hall–Kier alpha value is -4.93. The van der Waals surface area contributed by atoms with E-state index >= 15 is 0 Å². The lowest BCUT2D eigenvalue weighted by molar-refractivity contribution is -0.156.